The van der Waals surface area contributed by atoms with E-state index in [2.05, 4.69) is 21.0 Å². The fourth-order valence-electron chi connectivity index (χ4n) is 4.05. The lowest BCUT2D eigenvalue weighted by atomic mass is 9.94. The molecular weight excluding hydrogens is 412 g/mol. The highest BCUT2D eigenvalue weighted by Gasteiger charge is 2.37. The molecule has 0 radical (unpaired) electrons. The van der Waals surface area contributed by atoms with Crippen LogP contribution in [0, 0.1) is 17.2 Å². The minimum Gasteiger partial charge on any atom is -0.460 e. The third-order valence-electron chi connectivity index (χ3n) is 5.66. The van der Waals surface area contributed by atoms with Crippen LogP contribution in [0.2, 0.25) is 0 Å². The number of hydroxylamine groups is 2. The van der Waals surface area contributed by atoms with E-state index in [1.807, 2.05) is 4.90 Å². The molecule has 2 aromatic heterocycles. The van der Waals surface area contributed by atoms with Crippen LogP contribution in [0.5, 0.6) is 0 Å². The zero-order chi connectivity index (χ0) is 22.5. The third kappa shape index (κ3) is 4.53. The molecule has 166 valence electrons. The van der Waals surface area contributed by atoms with Crippen molar-refractivity contribution in [2.75, 3.05) is 31.2 Å². The number of nitrogens with zero attached hydrogens (tertiary/aromatic N) is 6. The van der Waals surface area contributed by atoms with Gasteiger partial charge in [0.1, 0.15) is 11.9 Å². The second kappa shape index (κ2) is 9.70. The standard InChI is InChI=1S/C22H24N6O4/c1-2-31-22(30)20-25-7-3-19(26-20)27-8-4-16(5-9-27)21(29)28-18(6-10-32-28)17-11-15(12-23)13-24-14-17/h3,7,11,13-14,16,18H,2,4-6,8-10H2,1H3. The molecule has 0 N–H and O–H groups in total. The monoisotopic (exact) mass is 436 g/mol. The average molecular weight is 436 g/mol. The molecular formula is C22H24N6O4. The summed E-state index contributed by atoms with van der Waals surface area (Å²) in [5.41, 5.74) is 1.27. The number of nitriles is 1. The first-order valence-corrected chi connectivity index (χ1v) is 10.7. The van der Waals surface area contributed by atoms with Gasteiger partial charge in [-0.1, -0.05) is 0 Å². The first kappa shape index (κ1) is 21.6. The molecule has 1 unspecified atom stereocenters. The number of piperidine rings is 1. The van der Waals surface area contributed by atoms with Crippen LogP contribution in [0.25, 0.3) is 0 Å². The molecule has 2 aliphatic heterocycles. The van der Waals surface area contributed by atoms with E-state index in [1.54, 1.807) is 25.3 Å². The van der Waals surface area contributed by atoms with Crippen LogP contribution in [0.15, 0.2) is 30.7 Å². The summed E-state index contributed by atoms with van der Waals surface area (Å²) in [5.74, 6) is -0.103. The van der Waals surface area contributed by atoms with Crippen LogP contribution in [0.3, 0.4) is 0 Å². The van der Waals surface area contributed by atoms with Gasteiger partial charge in [0.25, 0.3) is 0 Å². The highest BCUT2D eigenvalue weighted by Crippen LogP contribution is 2.33. The van der Waals surface area contributed by atoms with Crippen molar-refractivity contribution < 1.29 is 19.2 Å². The fraction of sp³-hybridized carbons (Fsp3) is 0.455. The molecule has 4 heterocycles. The first-order chi connectivity index (χ1) is 15.6. The van der Waals surface area contributed by atoms with Crippen molar-refractivity contribution in [3.8, 4) is 6.07 Å². The number of hydrogen-bond donors (Lipinski definition) is 0. The molecule has 2 fully saturated rings. The number of amides is 1. The van der Waals surface area contributed by atoms with E-state index in [-0.39, 0.29) is 30.3 Å². The molecule has 1 amide bonds. The van der Waals surface area contributed by atoms with Gasteiger partial charge in [0.2, 0.25) is 11.7 Å². The van der Waals surface area contributed by atoms with E-state index in [0.717, 1.165) is 5.56 Å². The molecule has 10 nitrogen and oxygen atoms in total. The van der Waals surface area contributed by atoms with Crippen molar-refractivity contribution in [2.45, 2.75) is 32.2 Å². The van der Waals surface area contributed by atoms with E-state index in [0.29, 0.717) is 50.3 Å². The molecule has 0 aliphatic carbocycles. The van der Waals surface area contributed by atoms with Crippen LogP contribution in [-0.4, -0.2) is 58.2 Å². The topological polar surface area (TPSA) is 122 Å². The molecule has 4 rings (SSSR count). The summed E-state index contributed by atoms with van der Waals surface area (Å²) < 4.78 is 4.97. The summed E-state index contributed by atoms with van der Waals surface area (Å²) in [6.45, 7) is 3.69. The van der Waals surface area contributed by atoms with Crippen molar-refractivity contribution in [2.24, 2.45) is 5.92 Å². The van der Waals surface area contributed by atoms with Crippen molar-refractivity contribution >= 4 is 17.7 Å². The molecule has 2 aromatic rings. The molecule has 0 saturated carbocycles. The van der Waals surface area contributed by atoms with Crippen molar-refractivity contribution in [1.82, 2.24) is 20.0 Å². The van der Waals surface area contributed by atoms with Gasteiger partial charge >= 0.3 is 5.97 Å². The van der Waals surface area contributed by atoms with Gasteiger partial charge in [0.15, 0.2) is 0 Å². The lowest BCUT2D eigenvalue weighted by Gasteiger charge is -2.34. The normalized spacial score (nSPS) is 18.9. The molecule has 0 aromatic carbocycles. The minimum atomic E-state index is -0.549. The van der Waals surface area contributed by atoms with Crippen molar-refractivity contribution in [1.29, 1.82) is 5.26 Å². The van der Waals surface area contributed by atoms with Gasteiger partial charge in [0.05, 0.1) is 24.8 Å². The summed E-state index contributed by atoms with van der Waals surface area (Å²) in [5, 5.41) is 10.6. The molecule has 2 saturated heterocycles. The summed E-state index contributed by atoms with van der Waals surface area (Å²) in [6, 6.07) is 5.35. The Morgan fingerprint density at radius 1 is 1.28 bits per heavy atom. The Labute approximate surface area is 185 Å². The summed E-state index contributed by atoms with van der Waals surface area (Å²) in [7, 11) is 0. The van der Waals surface area contributed by atoms with Crippen molar-refractivity contribution in [3.63, 3.8) is 0 Å². The van der Waals surface area contributed by atoms with Crippen LogP contribution >= 0.6 is 0 Å². The number of aromatic nitrogens is 3. The molecule has 0 spiro atoms. The lowest BCUT2D eigenvalue weighted by molar-refractivity contribution is -0.182. The Balaban J connectivity index is 1.40. The minimum absolute atomic E-state index is 0.0315. The van der Waals surface area contributed by atoms with Gasteiger partial charge < -0.3 is 9.64 Å². The average Bonchev–Trinajstić information content (AvgIpc) is 3.34. The fourth-order valence-corrected chi connectivity index (χ4v) is 4.05. The predicted octanol–water partition coefficient (Wildman–Crippen LogP) is 2.04. The summed E-state index contributed by atoms with van der Waals surface area (Å²) in [6.07, 6.45) is 6.67. The quantitative estimate of drug-likeness (QED) is 0.648. The number of pyridine rings is 1. The zero-order valence-electron chi connectivity index (χ0n) is 17.8. The third-order valence-corrected chi connectivity index (χ3v) is 5.66. The van der Waals surface area contributed by atoms with Crippen LogP contribution < -0.4 is 4.90 Å². The van der Waals surface area contributed by atoms with Crippen LogP contribution in [0.1, 0.15) is 54.0 Å². The van der Waals surface area contributed by atoms with Gasteiger partial charge in [0, 0.05) is 44.0 Å². The van der Waals surface area contributed by atoms with Gasteiger partial charge in [-0.3, -0.25) is 14.6 Å². The molecule has 10 heteroatoms. The number of rotatable bonds is 5. The van der Waals surface area contributed by atoms with E-state index in [9.17, 15) is 9.59 Å². The van der Waals surface area contributed by atoms with Gasteiger partial charge in [-0.15, -0.1) is 0 Å². The second-order valence-corrected chi connectivity index (χ2v) is 7.64. The number of anilines is 1. The summed E-state index contributed by atoms with van der Waals surface area (Å²) in [4.78, 5) is 45.2. The second-order valence-electron chi connectivity index (χ2n) is 7.64. The van der Waals surface area contributed by atoms with E-state index < -0.39 is 5.97 Å². The van der Waals surface area contributed by atoms with Gasteiger partial charge in [-0.05, 0) is 37.5 Å². The van der Waals surface area contributed by atoms with Gasteiger partial charge in [-0.2, -0.15) is 5.26 Å². The molecule has 0 bridgehead atoms. The number of carbonyl (C=O) groups is 2. The zero-order valence-corrected chi connectivity index (χ0v) is 17.8. The Kier molecular flexibility index (Phi) is 6.56. The Hall–Kier alpha value is -3.58. The SMILES string of the molecule is CCOC(=O)c1nccc(N2CCC(C(=O)N3OCCC3c3cncc(C#N)c3)CC2)n1. The number of carbonyl (C=O) groups excluding carboxylic acids is 2. The maximum absolute atomic E-state index is 13.2. The Morgan fingerprint density at radius 3 is 2.84 bits per heavy atom. The predicted molar refractivity (Wildman–Crippen MR) is 112 cm³/mol. The highest BCUT2D eigenvalue weighted by atomic mass is 16.7. The maximum Gasteiger partial charge on any atom is 0.376 e. The molecule has 1 atom stereocenters. The lowest BCUT2D eigenvalue weighted by Crippen LogP contribution is -2.42. The molecule has 2 aliphatic rings. The van der Waals surface area contributed by atoms with E-state index in [1.165, 1.54) is 17.5 Å². The van der Waals surface area contributed by atoms with E-state index in [4.69, 9.17) is 14.8 Å². The maximum atomic E-state index is 13.2. The summed E-state index contributed by atoms with van der Waals surface area (Å²) >= 11 is 0. The van der Waals surface area contributed by atoms with Gasteiger partial charge in [-0.25, -0.2) is 19.8 Å². The first-order valence-electron chi connectivity index (χ1n) is 10.7. The highest BCUT2D eigenvalue weighted by molar-refractivity contribution is 5.85. The number of esters is 1. The van der Waals surface area contributed by atoms with E-state index >= 15 is 0 Å². The molecule has 32 heavy (non-hydrogen) atoms. The number of ether oxygens (including phenoxy) is 1. The smallest absolute Gasteiger partial charge is 0.376 e. The van der Waals surface area contributed by atoms with Crippen LogP contribution in [0.4, 0.5) is 5.82 Å². The van der Waals surface area contributed by atoms with Crippen molar-refractivity contribution in [3.05, 3.63) is 47.7 Å². The number of hydrogen-bond acceptors (Lipinski definition) is 9. The Morgan fingerprint density at radius 2 is 2.09 bits per heavy atom. The largest absolute Gasteiger partial charge is 0.460 e. The van der Waals surface area contributed by atoms with Crippen LogP contribution in [-0.2, 0) is 14.4 Å². The Bertz CT molecular complexity index is 1030.